The smallest absolute Gasteiger partial charge is 0.0951 e. The molecule has 17 heavy (non-hydrogen) atoms. The number of hydrogen-bond donors (Lipinski definition) is 1. The zero-order valence-electron chi connectivity index (χ0n) is 10.9. The van der Waals surface area contributed by atoms with E-state index in [2.05, 4.69) is 21.8 Å². The summed E-state index contributed by atoms with van der Waals surface area (Å²) in [6.45, 7) is 4.17. The molecule has 0 bridgehead atoms. The molecular formula is C13H23N3O. The minimum Gasteiger partial charge on any atom is -0.381 e. The van der Waals surface area contributed by atoms with Crippen LogP contribution in [-0.4, -0.2) is 29.3 Å². The molecule has 0 aromatic carbocycles. The van der Waals surface area contributed by atoms with Crippen LogP contribution in [0.15, 0.2) is 12.5 Å². The van der Waals surface area contributed by atoms with Gasteiger partial charge in [0.1, 0.15) is 0 Å². The van der Waals surface area contributed by atoms with Crippen molar-refractivity contribution in [3.05, 3.63) is 18.2 Å². The molecule has 96 valence electrons. The van der Waals surface area contributed by atoms with Gasteiger partial charge in [-0.25, -0.2) is 4.98 Å². The van der Waals surface area contributed by atoms with Crippen molar-refractivity contribution in [2.75, 3.05) is 13.7 Å². The first-order valence-electron chi connectivity index (χ1n) is 6.59. The number of hydrogen-bond acceptors (Lipinski definition) is 3. The molecule has 1 aliphatic rings. The molecule has 1 N–H and O–H groups in total. The molecule has 0 aliphatic heterocycles. The number of nitrogens with one attached hydrogen (secondary N) is 1. The highest BCUT2D eigenvalue weighted by atomic mass is 16.5. The fraction of sp³-hybridized carbons (Fsp3) is 0.769. The van der Waals surface area contributed by atoms with Crippen LogP contribution in [-0.2, 0) is 11.3 Å². The molecular weight excluding hydrogens is 214 g/mol. The standard InChI is InChI=1S/C13H23N3O/c1-3-6-14-8-12-9-15-10-16(12)11-4-5-13(7-11)17-2/h9-11,13-14H,3-8H2,1-2H3. The van der Waals surface area contributed by atoms with Gasteiger partial charge < -0.3 is 14.6 Å². The molecule has 1 saturated carbocycles. The van der Waals surface area contributed by atoms with Gasteiger partial charge in [0.25, 0.3) is 0 Å². The molecule has 1 heterocycles. The largest absolute Gasteiger partial charge is 0.381 e. The van der Waals surface area contributed by atoms with Crippen molar-refractivity contribution in [2.24, 2.45) is 0 Å². The van der Waals surface area contributed by atoms with E-state index in [0.717, 1.165) is 19.5 Å². The molecule has 2 atom stereocenters. The lowest BCUT2D eigenvalue weighted by molar-refractivity contribution is 0.105. The number of nitrogens with zero attached hydrogens (tertiary/aromatic N) is 2. The van der Waals surface area contributed by atoms with Gasteiger partial charge in [0.15, 0.2) is 0 Å². The predicted molar refractivity (Wildman–Crippen MR) is 67.9 cm³/mol. The predicted octanol–water partition coefficient (Wildman–Crippen LogP) is 2.12. The molecule has 0 saturated heterocycles. The van der Waals surface area contributed by atoms with E-state index in [-0.39, 0.29) is 0 Å². The lowest BCUT2D eigenvalue weighted by atomic mass is 10.2. The molecule has 4 heteroatoms. The summed E-state index contributed by atoms with van der Waals surface area (Å²) < 4.78 is 7.75. The SMILES string of the molecule is CCCNCc1cncn1C1CCC(OC)C1. The summed E-state index contributed by atoms with van der Waals surface area (Å²) in [4.78, 5) is 4.28. The second-order valence-electron chi connectivity index (χ2n) is 4.79. The van der Waals surface area contributed by atoms with Crippen LogP contribution in [0.4, 0.5) is 0 Å². The Hall–Kier alpha value is -0.870. The highest BCUT2D eigenvalue weighted by Gasteiger charge is 2.26. The van der Waals surface area contributed by atoms with Crippen LogP contribution in [0, 0.1) is 0 Å². The zero-order chi connectivity index (χ0) is 12.1. The monoisotopic (exact) mass is 237 g/mol. The Kier molecular flexibility index (Phi) is 4.57. The number of rotatable bonds is 6. The minimum atomic E-state index is 0.429. The van der Waals surface area contributed by atoms with E-state index in [1.165, 1.54) is 25.0 Å². The van der Waals surface area contributed by atoms with Gasteiger partial charge in [-0.05, 0) is 32.2 Å². The molecule has 0 spiro atoms. The summed E-state index contributed by atoms with van der Waals surface area (Å²) in [5.74, 6) is 0. The van der Waals surface area contributed by atoms with E-state index in [0.29, 0.717) is 12.1 Å². The summed E-state index contributed by atoms with van der Waals surface area (Å²) in [7, 11) is 1.81. The van der Waals surface area contributed by atoms with Gasteiger partial charge in [-0.2, -0.15) is 0 Å². The van der Waals surface area contributed by atoms with Gasteiger partial charge in [-0.3, -0.25) is 0 Å². The normalized spacial score (nSPS) is 24.4. The molecule has 2 unspecified atom stereocenters. The number of aromatic nitrogens is 2. The number of methoxy groups -OCH3 is 1. The number of ether oxygens (including phenoxy) is 1. The molecule has 0 radical (unpaired) electrons. The topological polar surface area (TPSA) is 39.1 Å². The van der Waals surface area contributed by atoms with E-state index >= 15 is 0 Å². The third-order valence-electron chi connectivity index (χ3n) is 3.56. The van der Waals surface area contributed by atoms with Crippen LogP contribution in [0.2, 0.25) is 0 Å². The van der Waals surface area contributed by atoms with Crippen molar-refractivity contribution in [3.63, 3.8) is 0 Å². The van der Waals surface area contributed by atoms with Crippen molar-refractivity contribution in [1.82, 2.24) is 14.9 Å². The summed E-state index contributed by atoms with van der Waals surface area (Å²) in [6.07, 6.45) is 9.03. The molecule has 1 fully saturated rings. The lowest BCUT2D eigenvalue weighted by Crippen LogP contribution is -2.18. The first-order valence-corrected chi connectivity index (χ1v) is 6.59. The van der Waals surface area contributed by atoms with E-state index in [1.807, 2.05) is 19.6 Å². The van der Waals surface area contributed by atoms with E-state index in [9.17, 15) is 0 Å². The quantitative estimate of drug-likeness (QED) is 0.770. The summed E-state index contributed by atoms with van der Waals surface area (Å²) in [5, 5.41) is 3.43. The maximum atomic E-state index is 5.43. The molecule has 0 amide bonds. The van der Waals surface area contributed by atoms with E-state index in [4.69, 9.17) is 4.74 Å². The van der Waals surface area contributed by atoms with Crippen molar-refractivity contribution >= 4 is 0 Å². The minimum absolute atomic E-state index is 0.429. The van der Waals surface area contributed by atoms with Crippen LogP contribution in [0.25, 0.3) is 0 Å². The maximum Gasteiger partial charge on any atom is 0.0951 e. The molecule has 4 nitrogen and oxygen atoms in total. The van der Waals surface area contributed by atoms with Gasteiger partial charge in [-0.1, -0.05) is 6.92 Å². The van der Waals surface area contributed by atoms with Crippen molar-refractivity contribution in [2.45, 2.75) is 51.3 Å². The van der Waals surface area contributed by atoms with E-state index in [1.54, 1.807) is 0 Å². The van der Waals surface area contributed by atoms with E-state index < -0.39 is 0 Å². The number of imidazole rings is 1. The highest BCUT2D eigenvalue weighted by Crippen LogP contribution is 2.32. The molecule has 1 aliphatic carbocycles. The third-order valence-corrected chi connectivity index (χ3v) is 3.56. The van der Waals surface area contributed by atoms with Crippen LogP contribution >= 0.6 is 0 Å². The van der Waals surface area contributed by atoms with Crippen LogP contribution in [0.5, 0.6) is 0 Å². The average Bonchev–Trinajstić information content (AvgIpc) is 2.96. The third kappa shape index (κ3) is 3.07. The molecule has 1 aromatic heterocycles. The van der Waals surface area contributed by atoms with Gasteiger partial charge >= 0.3 is 0 Å². The van der Waals surface area contributed by atoms with Gasteiger partial charge in [-0.15, -0.1) is 0 Å². The average molecular weight is 237 g/mol. The van der Waals surface area contributed by atoms with Gasteiger partial charge in [0.05, 0.1) is 18.1 Å². The zero-order valence-corrected chi connectivity index (χ0v) is 10.9. The van der Waals surface area contributed by atoms with Crippen molar-refractivity contribution < 1.29 is 4.74 Å². The first-order chi connectivity index (χ1) is 8.35. The molecule has 2 rings (SSSR count). The first kappa shape index (κ1) is 12.6. The lowest BCUT2D eigenvalue weighted by Gasteiger charge is -2.16. The fourth-order valence-electron chi connectivity index (χ4n) is 2.58. The van der Waals surface area contributed by atoms with Gasteiger partial charge in [0.2, 0.25) is 0 Å². The maximum absolute atomic E-state index is 5.43. The summed E-state index contributed by atoms with van der Waals surface area (Å²) in [6, 6.07) is 0.570. The van der Waals surface area contributed by atoms with Crippen molar-refractivity contribution in [3.8, 4) is 0 Å². The Bertz CT molecular complexity index is 337. The Labute approximate surface area is 103 Å². The summed E-state index contributed by atoms with van der Waals surface area (Å²) >= 11 is 0. The van der Waals surface area contributed by atoms with Crippen LogP contribution in [0.3, 0.4) is 0 Å². The highest BCUT2D eigenvalue weighted by molar-refractivity contribution is 5.01. The Morgan fingerprint density at radius 1 is 1.53 bits per heavy atom. The van der Waals surface area contributed by atoms with Crippen molar-refractivity contribution in [1.29, 1.82) is 0 Å². The Morgan fingerprint density at radius 2 is 2.41 bits per heavy atom. The molecule has 1 aromatic rings. The Morgan fingerprint density at radius 3 is 3.12 bits per heavy atom. The fourth-order valence-corrected chi connectivity index (χ4v) is 2.58. The van der Waals surface area contributed by atoms with Gasteiger partial charge in [0, 0.05) is 25.9 Å². The second kappa shape index (κ2) is 6.17. The Balaban J connectivity index is 1.94. The van der Waals surface area contributed by atoms with Crippen LogP contribution < -0.4 is 5.32 Å². The van der Waals surface area contributed by atoms with Crippen LogP contribution in [0.1, 0.15) is 44.3 Å². The summed E-state index contributed by atoms with van der Waals surface area (Å²) in [5.41, 5.74) is 1.29. The second-order valence-corrected chi connectivity index (χ2v) is 4.79.